The van der Waals surface area contributed by atoms with Gasteiger partial charge in [-0.2, -0.15) is 13.2 Å². The number of amides is 7. The van der Waals surface area contributed by atoms with Crippen molar-refractivity contribution in [1.29, 1.82) is 0 Å². The van der Waals surface area contributed by atoms with Gasteiger partial charge in [-0.3, -0.25) is 52.7 Å². The summed E-state index contributed by atoms with van der Waals surface area (Å²) in [6.07, 6.45) is -11.0. The second-order valence-electron chi connectivity index (χ2n) is 20.1. The molecule has 0 fully saturated rings. The van der Waals surface area contributed by atoms with Gasteiger partial charge < -0.3 is 52.5 Å². The third-order valence-corrected chi connectivity index (χ3v) is 12.1. The molecular weight excluding hydrogens is 1020 g/mol. The summed E-state index contributed by atoms with van der Waals surface area (Å²) in [7, 11) is 0. The molecule has 0 aliphatic carbocycles. The molecule has 7 atom stereocenters. The van der Waals surface area contributed by atoms with Gasteiger partial charge in [0.25, 0.3) is 5.91 Å². The first-order valence-electron chi connectivity index (χ1n) is 24.8. The highest BCUT2D eigenvalue weighted by Crippen LogP contribution is 2.26. The van der Waals surface area contributed by atoms with E-state index in [2.05, 4.69) is 31.9 Å². The Bertz CT molecular complexity index is 2660. The van der Waals surface area contributed by atoms with Gasteiger partial charge in [0, 0.05) is 19.3 Å². The van der Waals surface area contributed by atoms with Crippen molar-refractivity contribution < 1.29 is 81.2 Å². The highest BCUT2D eigenvalue weighted by Gasteiger charge is 2.42. The molecule has 0 aliphatic heterocycles. The Kier molecular flexibility index (Phi) is 23.7. The molecule has 1 unspecified atom stereocenters. The summed E-state index contributed by atoms with van der Waals surface area (Å²) in [6.45, 7) is 11.2. The molecule has 24 heteroatoms. The predicted octanol–water partition coefficient (Wildman–Crippen LogP) is 3.69. The highest BCUT2D eigenvalue weighted by atomic mass is 19.4. The van der Waals surface area contributed by atoms with E-state index in [4.69, 9.17) is 5.11 Å². The van der Waals surface area contributed by atoms with Crippen molar-refractivity contribution in [3.63, 3.8) is 0 Å². The highest BCUT2D eigenvalue weighted by molar-refractivity contribution is 6.38. The Morgan fingerprint density at radius 3 is 1.69 bits per heavy atom. The quantitative estimate of drug-likeness (QED) is 0.0444. The molecule has 420 valence electrons. The molecule has 3 aromatic carbocycles. The number of aliphatic carboxylic acids is 3. The maximum Gasteiger partial charge on any atom is 0.391 e. The zero-order valence-electron chi connectivity index (χ0n) is 43.8. The number of carboxylic acid groups (broad SMARTS) is 3. The first-order chi connectivity index (χ1) is 35.9. The summed E-state index contributed by atoms with van der Waals surface area (Å²) in [6, 6.07) is 7.42. The largest absolute Gasteiger partial charge is 0.481 e. The van der Waals surface area contributed by atoms with Gasteiger partial charge in [0.1, 0.15) is 36.3 Å². The molecular formula is C53H68F3N7O14. The van der Waals surface area contributed by atoms with Crippen LogP contribution in [0, 0.1) is 18.3 Å². The second kappa shape index (κ2) is 28.8. The Morgan fingerprint density at radius 2 is 1.12 bits per heavy atom. The van der Waals surface area contributed by atoms with Gasteiger partial charge in [0.2, 0.25) is 41.2 Å². The van der Waals surface area contributed by atoms with E-state index in [1.54, 1.807) is 76.2 Å². The van der Waals surface area contributed by atoms with Crippen LogP contribution in [0.5, 0.6) is 0 Å². The van der Waals surface area contributed by atoms with Gasteiger partial charge in [-0.15, -0.1) is 0 Å². The molecule has 3 rings (SSSR count). The fourth-order valence-electron chi connectivity index (χ4n) is 8.04. The van der Waals surface area contributed by atoms with E-state index in [1.807, 2.05) is 23.5 Å². The Labute approximate surface area is 442 Å². The van der Waals surface area contributed by atoms with Gasteiger partial charge in [0.15, 0.2) is 0 Å². The number of carboxylic acids is 3. The van der Waals surface area contributed by atoms with Crippen LogP contribution in [0.15, 0.2) is 66.7 Å². The van der Waals surface area contributed by atoms with Crippen molar-refractivity contribution in [1.82, 2.24) is 37.2 Å². The van der Waals surface area contributed by atoms with E-state index in [0.29, 0.717) is 16.7 Å². The monoisotopic (exact) mass is 1080 g/mol. The lowest BCUT2D eigenvalue weighted by Crippen LogP contribution is -2.62. The van der Waals surface area contributed by atoms with Gasteiger partial charge in [-0.05, 0) is 71.0 Å². The number of benzene rings is 3. The van der Waals surface area contributed by atoms with Crippen molar-refractivity contribution in [3.8, 4) is 0 Å². The number of rotatable bonds is 29. The van der Waals surface area contributed by atoms with Crippen LogP contribution in [0.2, 0.25) is 0 Å². The standard InChI is InChI=1S/C53H68F3N7O14/c1-8-34(33-18-17-30-14-11-12-16-32(30)24-33)58-50(76)44(71)39(27-53(54,55)56)62-47(73)36(23-28(2)3)61-51(77)45(52(5,6)7)63-49(75)37(25-31-15-10-9-13-29(31)4)60-46(72)35(19-21-41(65)66)59-48(74)38(26-43(69)70)57-40(64)20-22-42(67)68/h9-18,24,28,34-39,45H,8,19-23,25-27H2,1-7H3,(H,57,64)(H,58,76)(H,59,74)(H,60,72)(H,61,77)(H,62,73)(H,63,75)(H,65,66)(H,67,68)(H,69,70)/t34-,35+,36+,37+,38+,39?,45-/m1/s1. The average molecular weight is 1080 g/mol. The molecule has 0 bridgehead atoms. The topological polar surface area (TPSA) is 333 Å². The zero-order valence-corrected chi connectivity index (χ0v) is 43.8. The number of carbonyl (C=O) groups excluding carboxylic acids is 8. The third kappa shape index (κ3) is 21.3. The molecule has 21 nitrogen and oxygen atoms in total. The molecule has 0 spiro atoms. The van der Waals surface area contributed by atoms with E-state index in [1.165, 1.54) is 20.8 Å². The van der Waals surface area contributed by atoms with Crippen LogP contribution in [0.4, 0.5) is 13.2 Å². The number of Topliss-reactive ketones (excluding diaryl/α,β-unsaturated/α-hetero) is 1. The summed E-state index contributed by atoms with van der Waals surface area (Å²) in [4.78, 5) is 144. The summed E-state index contributed by atoms with van der Waals surface area (Å²) >= 11 is 0. The van der Waals surface area contributed by atoms with Crippen LogP contribution < -0.4 is 37.2 Å². The van der Waals surface area contributed by atoms with E-state index >= 15 is 0 Å². The lowest BCUT2D eigenvalue weighted by atomic mass is 9.85. The number of fused-ring (bicyclic) bond motifs is 1. The fraction of sp³-hybridized carbons (Fsp3) is 0.491. The second-order valence-corrected chi connectivity index (χ2v) is 20.1. The molecule has 0 aliphatic rings. The first-order valence-corrected chi connectivity index (χ1v) is 24.8. The third-order valence-electron chi connectivity index (χ3n) is 12.1. The number of alkyl halides is 3. The minimum Gasteiger partial charge on any atom is -0.481 e. The molecule has 0 saturated heterocycles. The minimum absolute atomic E-state index is 0.212. The number of nitrogens with one attached hydrogen (secondary N) is 7. The van der Waals surface area contributed by atoms with Crippen LogP contribution in [-0.2, 0) is 59.2 Å². The number of carbonyl (C=O) groups is 11. The van der Waals surface area contributed by atoms with Gasteiger partial charge >= 0.3 is 24.1 Å². The van der Waals surface area contributed by atoms with Crippen molar-refractivity contribution >= 4 is 75.8 Å². The molecule has 77 heavy (non-hydrogen) atoms. The molecule has 3 aromatic rings. The van der Waals surface area contributed by atoms with Gasteiger partial charge in [-0.1, -0.05) is 102 Å². The number of aryl methyl sites for hydroxylation is 1. The molecule has 0 aromatic heterocycles. The SMILES string of the molecule is CC[C@@H](NC(=O)C(=O)C(CC(F)(F)F)NC(=O)[C@H](CC(C)C)NC(=O)[C@@H](NC(=O)[C@H](Cc1ccccc1C)NC(=O)[C@H](CCC(=O)O)NC(=O)[C@H](CC(=O)O)NC(=O)CCC(=O)O)C(C)(C)C)c1ccc2ccccc2c1. The normalized spacial score (nSPS) is 14.3. The maximum atomic E-state index is 14.5. The van der Waals surface area contributed by atoms with Crippen LogP contribution in [-0.4, -0.2) is 123 Å². The minimum atomic E-state index is -5.06. The summed E-state index contributed by atoms with van der Waals surface area (Å²) in [5.41, 5.74) is 0.468. The van der Waals surface area contributed by atoms with E-state index in [-0.39, 0.29) is 19.3 Å². The van der Waals surface area contributed by atoms with Gasteiger partial charge in [-0.25, -0.2) is 0 Å². The van der Waals surface area contributed by atoms with Crippen LogP contribution in [0.3, 0.4) is 0 Å². The van der Waals surface area contributed by atoms with Crippen molar-refractivity contribution in [2.75, 3.05) is 0 Å². The van der Waals surface area contributed by atoms with Gasteiger partial charge in [0.05, 0.1) is 25.3 Å². The Morgan fingerprint density at radius 1 is 0.571 bits per heavy atom. The molecule has 0 heterocycles. The fourth-order valence-corrected chi connectivity index (χ4v) is 8.04. The Balaban J connectivity index is 1.94. The van der Waals surface area contributed by atoms with E-state index in [0.717, 1.165) is 10.8 Å². The number of halogens is 3. The van der Waals surface area contributed by atoms with Crippen LogP contribution in [0.1, 0.15) is 116 Å². The lowest BCUT2D eigenvalue weighted by molar-refractivity contribution is -0.154. The maximum absolute atomic E-state index is 14.5. The smallest absolute Gasteiger partial charge is 0.391 e. The molecule has 0 radical (unpaired) electrons. The summed E-state index contributed by atoms with van der Waals surface area (Å²) in [5.74, 6) is -14.6. The molecule has 0 saturated carbocycles. The summed E-state index contributed by atoms with van der Waals surface area (Å²) < 4.78 is 42.2. The number of hydrogen-bond acceptors (Lipinski definition) is 11. The van der Waals surface area contributed by atoms with Crippen molar-refractivity contribution in [2.24, 2.45) is 11.3 Å². The average Bonchev–Trinajstić information content (AvgIpc) is 3.33. The van der Waals surface area contributed by atoms with Crippen LogP contribution >= 0.6 is 0 Å². The first kappa shape index (κ1) is 63.4. The van der Waals surface area contributed by atoms with E-state index in [9.17, 15) is 76.1 Å². The predicted molar refractivity (Wildman–Crippen MR) is 272 cm³/mol. The molecule has 10 N–H and O–H groups in total. The van der Waals surface area contributed by atoms with Crippen molar-refractivity contribution in [3.05, 3.63) is 83.4 Å². The molecule has 7 amide bonds. The Hall–Kier alpha value is -7.92. The lowest BCUT2D eigenvalue weighted by Gasteiger charge is -2.34. The van der Waals surface area contributed by atoms with Crippen LogP contribution in [0.25, 0.3) is 10.8 Å². The summed E-state index contributed by atoms with van der Waals surface area (Å²) in [5, 5.41) is 45.9. The van der Waals surface area contributed by atoms with E-state index < -0.39 is 163 Å². The van der Waals surface area contributed by atoms with Crippen molar-refractivity contribution in [2.45, 2.75) is 155 Å². The zero-order chi connectivity index (χ0) is 57.9. The number of hydrogen-bond donors (Lipinski definition) is 10. The number of ketones is 1.